The summed E-state index contributed by atoms with van der Waals surface area (Å²) < 4.78 is 5.61. The molecule has 1 aliphatic rings. The minimum Gasteiger partial charge on any atom is -0.375 e. The van der Waals surface area contributed by atoms with Gasteiger partial charge in [-0.05, 0) is 5.56 Å². The average molecular weight is 270 g/mol. The molecule has 0 N–H and O–H groups in total. The Morgan fingerprint density at radius 2 is 2.13 bits per heavy atom. The first-order valence-corrected chi connectivity index (χ1v) is 6.44. The molecule has 0 bridgehead atoms. The first kappa shape index (κ1) is 11.1. The van der Waals surface area contributed by atoms with Crippen LogP contribution in [0.15, 0.2) is 30.3 Å². The van der Waals surface area contributed by atoms with Gasteiger partial charge in [0.05, 0.1) is 12.7 Å². The number of alkyl halides is 1. The summed E-state index contributed by atoms with van der Waals surface area (Å²) in [5.41, 5.74) is 1.38. The van der Waals surface area contributed by atoms with Crippen LogP contribution in [-0.4, -0.2) is 36.0 Å². The van der Waals surface area contributed by atoms with Gasteiger partial charge < -0.3 is 4.74 Å². The molecule has 1 aromatic rings. The monoisotopic (exact) mass is 269 g/mol. The van der Waals surface area contributed by atoms with Crippen LogP contribution in [0.25, 0.3) is 0 Å². The Bertz CT molecular complexity index is 291. The molecular formula is C12H16BrNO. The van der Waals surface area contributed by atoms with Crippen molar-refractivity contribution in [2.24, 2.45) is 0 Å². The predicted molar refractivity (Wildman–Crippen MR) is 65.3 cm³/mol. The predicted octanol–water partition coefficient (Wildman–Crippen LogP) is 2.28. The molecule has 1 heterocycles. The van der Waals surface area contributed by atoms with Gasteiger partial charge in [-0.25, -0.2) is 0 Å². The highest BCUT2D eigenvalue weighted by Gasteiger charge is 2.18. The van der Waals surface area contributed by atoms with E-state index in [4.69, 9.17) is 4.74 Å². The molecule has 1 aromatic carbocycles. The maximum atomic E-state index is 5.61. The normalized spacial score (nSPS) is 22.9. The highest BCUT2D eigenvalue weighted by Crippen LogP contribution is 2.11. The average Bonchev–Trinajstić information content (AvgIpc) is 2.31. The van der Waals surface area contributed by atoms with Crippen LogP contribution in [0.3, 0.4) is 0 Å². The maximum absolute atomic E-state index is 5.61. The molecule has 1 atom stereocenters. The van der Waals surface area contributed by atoms with Crippen LogP contribution in [0, 0.1) is 0 Å². The van der Waals surface area contributed by atoms with E-state index in [0.717, 1.165) is 31.6 Å². The maximum Gasteiger partial charge on any atom is 0.0799 e. The molecule has 2 rings (SSSR count). The van der Waals surface area contributed by atoms with Crippen LogP contribution < -0.4 is 0 Å². The number of halogens is 1. The Balaban J connectivity index is 1.89. The second kappa shape index (κ2) is 5.64. The summed E-state index contributed by atoms with van der Waals surface area (Å²) >= 11 is 3.47. The Labute approximate surface area is 99.4 Å². The van der Waals surface area contributed by atoms with Gasteiger partial charge in [-0.15, -0.1) is 0 Å². The zero-order valence-electron chi connectivity index (χ0n) is 8.73. The highest BCUT2D eigenvalue weighted by atomic mass is 79.9. The van der Waals surface area contributed by atoms with Crippen LogP contribution in [0.1, 0.15) is 5.56 Å². The lowest BCUT2D eigenvalue weighted by Gasteiger charge is -2.32. The van der Waals surface area contributed by atoms with E-state index >= 15 is 0 Å². The topological polar surface area (TPSA) is 12.5 Å². The second-order valence-electron chi connectivity index (χ2n) is 3.87. The minimum atomic E-state index is 0.350. The molecular weight excluding hydrogens is 254 g/mol. The van der Waals surface area contributed by atoms with Gasteiger partial charge in [-0.1, -0.05) is 46.3 Å². The summed E-state index contributed by atoms with van der Waals surface area (Å²) in [7, 11) is 0. The van der Waals surface area contributed by atoms with E-state index in [9.17, 15) is 0 Å². The van der Waals surface area contributed by atoms with Crippen molar-refractivity contribution < 1.29 is 4.74 Å². The molecule has 1 saturated heterocycles. The summed E-state index contributed by atoms with van der Waals surface area (Å²) in [6.07, 6.45) is 0.350. The van der Waals surface area contributed by atoms with E-state index < -0.39 is 0 Å². The van der Waals surface area contributed by atoms with Crippen molar-refractivity contribution in [3.8, 4) is 0 Å². The van der Waals surface area contributed by atoms with E-state index in [-0.39, 0.29) is 0 Å². The molecule has 3 heteroatoms. The zero-order valence-corrected chi connectivity index (χ0v) is 10.3. The van der Waals surface area contributed by atoms with Gasteiger partial charge in [0.25, 0.3) is 0 Å². The summed E-state index contributed by atoms with van der Waals surface area (Å²) in [6, 6.07) is 10.6. The van der Waals surface area contributed by atoms with Crippen LogP contribution in [0.4, 0.5) is 0 Å². The molecule has 0 aromatic heterocycles. The number of hydrogen-bond acceptors (Lipinski definition) is 2. The number of rotatable bonds is 3. The van der Waals surface area contributed by atoms with Crippen molar-refractivity contribution in [3.63, 3.8) is 0 Å². The summed E-state index contributed by atoms with van der Waals surface area (Å²) in [6.45, 7) is 3.95. The second-order valence-corrected chi connectivity index (χ2v) is 4.52. The fourth-order valence-corrected chi connectivity index (χ4v) is 2.25. The molecule has 1 aliphatic heterocycles. The minimum absolute atomic E-state index is 0.350. The van der Waals surface area contributed by atoms with Gasteiger partial charge >= 0.3 is 0 Å². The van der Waals surface area contributed by atoms with Crippen molar-refractivity contribution in [2.75, 3.05) is 25.0 Å². The van der Waals surface area contributed by atoms with Crippen molar-refractivity contribution >= 4 is 15.9 Å². The summed E-state index contributed by atoms with van der Waals surface area (Å²) in [4.78, 5) is 2.45. The van der Waals surface area contributed by atoms with E-state index in [2.05, 4.69) is 51.2 Å². The quantitative estimate of drug-likeness (QED) is 0.781. The molecule has 0 amide bonds. The third kappa shape index (κ3) is 3.30. The SMILES string of the molecule is BrC[C@@H]1CN(Cc2ccccc2)CCO1. The Kier molecular flexibility index (Phi) is 4.18. The van der Waals surface area contributed by atoms with E-state index in [1.807, 2.05) is 0 Å². The highest BCUT2D eigenvalue weighted by molar-refractivity contribution is 9.09. The first-order chi connectivity index (χ1) is 7.38. The third-order valence-electron chi connectivity index (χ3n) is 2.64. The van der Waals surface area contributed by atoms with E-state index in [1.165, 1.54) is 5.56 Å². The molecule has 15 heavy (non-hydrogen) atoms. The molecule has 0 saturated carbocycles. The van der Waals surface area contributed by atoms with E-state index in [1.54, 1.807) is 0 Å². The van der Waals surface area contributed by atoms with Gasteiger partial charge in [-0.2, -0.15) is 0 Å². The summed E-state index contributed by atoms with van der Waals surface area (Å²) in [5.74, 6) is 0. The lowest BCUT2D eigenvalue weighted by Crippen LogP contribution is -2.42. The standard InChI is InChI=1S/C12H16BrNO/c13-8-12-10-14(6-7-15-12)9-11-4-2-1-3-5-11/h1-5,12H,6-10H2/t12-/m1/s1. The van der Waals surface area contributed by atoms with Crippen molar-refractivity contribution in [1.29, 1.82) is 0 Å². The lowest BCUT2D eigenvalue weighted by atomic mass is 10.2. The molecule has 82 valence electrons. The van der Waals surface area contributed by atoms with Crippen LogP contribution >= 0.6 is 15.9 Å². The fourth-order valence-electron chi connectivity index (χ4n) is 1.86. The zero-order chi connectivity index (χ0) is 10.5. The first-order valence-electron chi connectivity index (χ1n) is 5.32. The van der Waals surface area contributed by atoms with Gasteiger partial charge in [0, 0.05) is 25.0 Å². The number of morpholine rings is 1. The largest absolute Gasteiger partial charge is 0.375 e. The molecule has 0 unspecified atom stereocenters. The number of benzene rings is 1. The molecule has 2 nitrogen and oxygen atoms in total. The number of ether oxygens (including phenoxy) is 1. The van der Waals surface area contributed by atoms with Crippen LogP contribution in [0.2, 0.25) is 0 Å². The smallest absolute Gasteiger partial charge is 0.0799 e. The van der Waals surface area contributed by atoms with Crippen molar-refractivity contribution in [3.05, 3.63) is 35.9 Å². The fraction of sp³-hybridized carbons (Fsp3) is 0.500. The molecule has 0 spiro atoms. The summed E-state index contributed by atoms with van der Waals surface area (Å²) in [5, 5.41) is 0.929. The molecule has 1 fully saturated rings. The number of nitrogens with zero attached hydrogens (tertiary/aromatic N) is 1. The number of hydrogen-bond donors (Lipinski definition) is 0. The van der Waals surface area contributed by atoms with Crippen molar-refractivity contribution in [2.45, 2.75) is 12.6 Å². The van der Waals surface area contributed by atoms with E-state index in [0.29, 0.717) is 6.10 Å². The van der Waals surface area contributed by atoms with Gasteiger partial charge in [0.15, 0.2) is 0 Å². The Morgan fingerprint density at radius 1 is 1.33 bits per heavy atom. The van der Waals surface area contributed by atoms with Gasteiger partial charge in [0.1, 0.15) is 0 Å². The molecule has 0 radical (unpaired) electrons. The molecule has 0 aliphatic carbocycles. The Morgan fingerprint density at radius 3 is 2.87 bits per heavy atom. The van der Waals surface area contributed by atoms with Crippen LogP contribution in [0.5, 0.6) is 0 Å². The van der Waals surface area contributed by atoms with Crippen LogP contribution in [-0.2, 0) is 11.3 Å². The van der Waals surface area contributed by atoms with Gasteiger partial charge in [0.2, 0.25) is 0 Å². The lowest BCUT2D eigenvalue weighted by molar-refractivity contribution is -0.0181. The van der Waals surface area contributed by atoms with Gasteiger partial charge in [-0.3, -0.25) is 4.90 Å². The van der Waals surface area contributed by atoms with Crippen molar-refractivity contribution in [1.82, 2.24) is 4.90 Å². The Hall–Kier alpha value is -0.380. The third-order valence-corrected chi connectivity index (χ3v) is 3.37.